The molecule has 0 fully saturated rings. The minimum absolute atomic E-state index is 0.806. The fourth-order valence-corrected chi connectivity index (χ4v) is 0.892. The second-order valence-electron chi connectivity index (χ2n) is 3.36. The van der Waals surface area contributed by atoms with Gasteiger partial charge in [0.2, 0.25) is 0 Å². The summed E-state index contributed by atoms with van der Waals surface area (Å²) >= 11 is 0. The highest BCUT2D eigenvalue weighted by atomic mass is 16.9. The Morgan fingerprint density at radius 1 is 0.842 bits per heavy atom. The van der Waals surface area contributed by atoms with E-state index in [2.05, 4.69) is 14.2 Å². The molecule has 0 aliphatic rings. The van der Waals surface area contributed by atoms with Crippen molar-refractivity contribution in [3.05, 3.63) is 0 Å². The quantitative estimate of drug-likeness (QED) is 0.303. The predicted molar refractivity (Wildman–Crippen MR) is 62.3 cm³/mol. The average Bonchev–Trinajstić information content (AvgIpc) is 2.37. The molecule has 0 N–H and O–H groups in total. The van der Waals surface area contributed by atoms with Gasteiger partial charge < -0.3 is 14.2 Å². The molecule has 0 radical (unpaired) electrons. The highest BCUT2D eigenvalue weighted by Crippen LogP contribution is 2.26. The number of hydrogen-bond donors (Lipinski definition) is 0. The van der Waals surface area contributed by atoms with Gasteiger partial charge in [-0.3, -0.25) is 0 Å². The van der Waals surface area contributed by atoms with Crippen LogP contribution in [0.25, 0.3) is 0 Å². The Bertz CT molecular complexity index is 439. The summed E-state index contributed by atoms with van der Waals surface area (Å²) in [6.07, 6.45) is 14.5. The van der Waals surface area contributed by atoms with E-state index in [1.165, 1.54) is 13.8 Å². The van der Waals surface area contributed by atoms with Crippen LogP contribution in [0, 0.1) is 42.9 Å². The van der Waals surface area contributed by atoms with Gasteiger partial charge in [-0.1, -0.05) is 13.8 Å². The van der Waals surface area contributed by atoms with E-state index in [4.69, 9.17) is 19.3 Å². The van der Waals surface area contributed by atoms with Gasteiger partial charge in [0.25, 0.3) is 0 Å². The van der Waals surface area contributed by atoms with E-state index < -0.39 is 29.8 Å². The number of carbonyl (C=O) groups is 3. The van der Waals surface area contributed by atoms with Crippen LogP contribution in [-0.2, 0) is 28.6 Å². The van der Waals surface area contributed by atoms with Crippen LogP contribution in [-0.4, -0.2) is 23.9 Å². The topological polar surface area (TPSA) is 78.9 Å². The molecule has 98 valence electrons. The van der Waals surface area contributed by atoms with Crippen LogP contribution in [0.2, 0.25) is 0 Å². The SMILES string of the molecule is C#CC(=O)OC(OC(=O)C#C)(OC(=O)C#C)C(C)C. The Morgan fingerprint density at radius 3 is 1.26 bits per heavy atom. The zero-order chi connectivity index (χ0) is 15.1. The lowest BCUT2D eigenvalue weighted by atomic mass is 10.1. The van der Waals surface area contributed by atoms with Gasteiger partial charge in [-0.25, -0.2) is 14.4 Å². The van der Waals surface area contributed by atoms with Gasteiger partial charge in [0.15, 0.2) is 0 Å². The zero-order valence-electron chi connectivity index (χ0n) is 10.3. The van der Waals surface area contributed by atoms with E-state index in [0.717, 1.165) is 0 Å². The molecule has 0 bridgehead atoms. The summed E-state index contributed by atoms with van der Waals surface area (Å²) < 4.78 is 13.9. The summed E-state index contributed by atoms with van der Waals surface area (Å²) in [6.45, 7) is 2.86. The van der Waals surface area contributed by atoms with Crippen LogP contribution >= 0.6 is 0 Å². The van der Waals surface area contributed by atoms with E-state index in [9.17, 15) is 14.4 Å². The fraction of sp³-hybridized carbons (Fsp3) is 0.308. The van der Waals surface area contributed by atoms with Gasteiger partial charge in [0.05, 0.1) is 5.92 Å². The van der Waals surface area contributed by atoms with E-state index in [0.29, 0.717) is 0 Å². The van der Waals surface area contributed by atoms with Crippen LogP contribution < -0.4 is 0 Å². The third kappa shape index (κ3) is 4.46. The van der Waals surface area contributed by atoms with E-state index >= 15 is 0 Å². The highest BCUT2D eigenvalue weighted by molar-refractivity contribution is 5.91. The Hall–Kier alpha value is -2.91. The second-order valence-corrected chi connectivity index (χ2v) is 3.36. The van der Waals surface area contributed by atoms with Gasteiger partial charge in [0, 0.05) is 17.8 Å². The smallest absolute Gasteiger partial charge is 0.378 e. The molecule has 0 spiro atoms. The molecule has 0 aromatic rings. The van der Waals surface area contributed by atoms with Crippen molar-refractivity contribution in [1.29, 1.82) is 0 Å². The Balaban J connectivity index is 5.49. The van der Waals surface area contributed by atoms with Crippen molar-refractivity contribution in [3.63, 3.8) is 0 Å². The molecule has 0 saturated carbocycles. The molecule has 19 heavy (non-hydrogen) atoms. The van der Waals surface area contributed by atoms with Crippen molar-refractivity contribution in [2.24, 2.45) is 5.92 Å². The van der Waals surface area contributed by atoms with Gasteiger partial charge in [-0.05, 0) is 0 Å². The van der Waals surface area contributed by atoms with Crippen molar-refractivity contribution in [1.82, 2.24) is 0 Å². The maximum Gasteiger partial charge on any atom is 0.427 e. The molecule has 0 amide bonds. The molecule has 0 aliphatic carbocycles. The van der Waals surface area contributed by atoms with Crippen molar-refractivity contribution in [2.45, 2.75) is 19.8 Å². The highest BCUT2D eigenvalue weighted by Gasteiger charge is 2.46. The number of ether oxygens (including phenoxy) is 3. The third-order valence-electron chi connectivity index (χ3n) is 1.77. The number of esters is 3. The maximum absolute atomic E-state index is 11.1. The maximum atomic E-state index is 11.1. The molecule has 0 aromatic carbocycles. The molecular formula is C13H10O6. The lowest BCUT2D eigenvalue weighted by Crippen LogP contribution is -2.48. The molecule has 0 aromatic heterocycles. The average molecular weight is 262 g/mol. The number of hydrogen-bond acceptors (Lipinski definition) is 6. The number of terminal acetylenes is 3. The largest absolute Gasteiger partial charge is 0.427 e. The normalized spacial score (nSPS) is 9.47. The molecule has 0 atom stereocenters. The summed E-state index contributed by atoms with van der Waals surface area (Å²) in [6, 6.07) is 0. The fourth-order valence-electron chi connectivity index (χ4n) is 0.892. The lowest BCUT2D eigenvalue weighted by Gasteiger charge is -2.32. The molecule has 0 unspecified atom stereocenters. The monoisotopic (exact) mass is 262 g/mol. The second kappa shape index (κ2) is 6.74. The van der Waals surface area contributed by atoms with Gasteiger partial charge >= 0.3 is 23.9 Å². The molecule has 0 aliphatic heterocycles. The van der Waals surface area contributed by atoms with Crippen LogP contribution in [0.4, 0.5) is 0 Å². The summed E-state index contributed by atoms with van der Waals surface area (Å²) in [4.78, 5) is 33.4. The Labute approximate surface area is 110 Å². The molecule has 6 nitrogen and oxygen atoms in total. The van der Waals surface area contributed by atoms with Crippen LogP contribution in [0.5, 0.6) is 0 Å². The van der Waals surface area contributed by atoms with Crippen molar-refractivity contribution < 1.29 is 28.6 Å². The van der Waals surface area contributed by atoms with Gasteiger partial charge in [-0.15, -0.1) is 19.3 Å². The first-order valence-corrected chi connectivity index (χ1v) is 4.90. The summed E-state index contributed by atoms with van der Waals surface area (Å²) in [5, 5.41) is 0. The van der Waals surface area contributed by atoms with E-state index in [1.54, 1.807) is 17.8 Å². The first-order valence-electron chi connectivity index (χ1n) is 4.90. The number of carbonyl (C=O) groups excluding carboxylic acids is 3. The summed E-state index contributed by atoms with van der Waals surface area (Å²) in [7, 11) is 0. The van der Waals surface area contributed by atoms with Crippen molar-refractivity contribution in [3.8, 4) is 37.0 Å². The molecule has 0 rings (SSSR count). The predicted octanol–water partition coefficient (Wildman–Crippen LogP) is -0.175. The minimum atomic E-state index is -2.41. The third-order valence-corrected chi connectivity index (χ3v) is 1.77. The van der Waals surface area contributed by atoms with Crippen molar-refractivity contribution in [2.75, 3.05) is 0 Å². The number of rotatable bonds is 4. The van der Waals surface area contributed by atoms with Crippen LogP contribution in [0.15, 0.2) is 0 Å². The zero-order valence-corrected chi connectivity index (χ0v) is 10.3. The van der Waals surface area contributed by atoms with Crippen LogP contribution in [0.1, 0.15) is 13.8 Å². The van der Waals surface area contributed by atoms with Crippen molar-refractivity contribution >= 4 is 17.9 Å². The Morgan fingerprint density at radius 2 is 1.11 bits per heavy atom. The molecule has 0 saturated heterocycles. The van der Waals surface area contributed by atoms with Gasteiger partial charge in [0.1, 0.15) is 0 Å². The summed E-state index contributed by atoms with van der Waals surface area (Å²) in [5.41, 5.74) is 0. The molecular weight excluding hydrogens is 252 g/mol. The Kier molecular flexibility index (Phi) is 5.70. The minimum Gasteiger partial charge on any atom is -0.378 e. The standard InChI is InChI=1S/C13H10O6/c1-6-10(14)17-13(9(4)5,18-11(15)7-2)19-12(16)8-3/h1-3,9H,4-5H3. The van der Waals surface area contributed by atoms with E-state index in [-0.39, 0.29) is 0 Å². The first-order chi connectivity index (χ1) is 8.81. The lowest BCUT2D eigenvalue weighted by molar-refractivity contribution is -0.342. The molecule has 6 heteroatoms. The van der Waals surface area contributed by atoms with Crippen LogP contribution in [0.3, 0.4) is 0 Å². The molecule has 0 heterocycles. The summed E-state index contributed by atoms with van der Waals surface area (Å²) in [5.74, 6) is -2.04. The van der Waals surface area contributed by atoms with E-state index in [1.807, 2.05) is 0 Å². The first kappa shape index (κ1) is 16.1. The van der Waals surface area contributed by atoms with Gasteiger partial charge in [-0.2, -0.15) is 0 Å².